The Morgan fingerprint density at radius 1 is 0.750 bits per heavy atom. The van der Waals surface area contributed by atoms with Crippen LogP contribution in [0.5, 0.6) is 0 Å². The molecule has 0 aromatic rings. The lowest BCUT2D eigenvalue weighted by atomic mass is 9.98. The SMILES string of the molecule is CC(F)(F)C(F)(F)C(F)(F)C(F)(F)/C(F)=C(\F)C(F)F. The van der Waals surface area contributed by atoms with E-state index < -0.39 is 48.7 Å². The molecule has 120 valence electrons. The number of hydrogen-bond acceptors (Lipinski definition) is 0. The number of hydrogen-bond donors (Lipinski definition) is 0. The molecule has 0 bridgehead atoms. The molecule has 0 N–H and O–H groups in total. The predicted octanol–water partition coefficient (Wildman–Crippen LogP) is 4.96. The highest BCUT2D eigenvalue weighted by Gasteiger charge is 2.80. The Balaban J connectivity index is 6.02. The molecule has 0 amide bonds. The van der Waals surface area contributed by atoms with Crippen molar-refractivity contribution in [2.24, 2.45) is 0 Å². The number of halogens is 12. The van der Waals surface area contributed by atoms with E-state index in [1.165, 1.54) is 0 Å². The van der Waals surface area contributed by atoms with E-state index in [0.717, 1.165) is 0 Å². The van der Waals surface area contributed by atoms with Gasteiger partial charge < -0.3 is 0 Å². The third-order valence-corrected chi connectivity index (χ3v) is 2.02. The van der Waals surface area contributed by atoms with Gasteiger partial charge in [-0.25, -0.2) is 17.6 Å². The molecule has 0 fully saturated rings. The summed E-state index contributed by atoms with van der Waals surface area (Å²) in [5, 5.41) is 0. The number of rotatable bonds is 5. The molecule has 0 aliphatic carbocycles. The minimum atomic E-state index is -7.16. The molecular weight excluding hydrogens is 324 g/mol. The van der Waals surface area contributed by atoms with Crippen LogP contribution in [0.15, 0.2) is 11.7 Å². The van der Waals surface area contributed by atoms with Crippen LogP contribution in [0.25, 0.3) is 0 Å². The second-order valence-corrected chi connectivity index (χ2v) is 3.57. The van der Waals surface area contributed by atoms with Crippen molar-refractivity contribution in [2.45, 2.75) is 37.0 Å². The minimum absolute atomic E-state index is 0.887. The molecule has 0 aliphatic rings. The fraction of sp³-hybridized carbons (Fsp3) is 0.750. The smallest absolute Gasteiger partial charge is 0.202 e. The zero-order valence-electron chi connectivity index (χ0n) is 9.11. The molecule has 0 aromatic heterocycles. The van der Waals surface area contributed by atoms with E-state index in [1.807, 2.05) is 0 Å². The van der Waals surface area contributed by atoms with Crippen molar-refractivity contribution in [1.29, 1.82) is 0 Å². The fourth-order valence-electron chi connectivity index (χ4n) is 0.856. The fourth-order valence-corrected chi connectivity index (χ4v) is 0.856. The molecule has 0 nitrogen and oxygen atoms in total. The zero-order chi connectivity index (χ0) is 16.7. The van der Waals surface area contributed by atoms with E-state index in [2.05, 4.69) is 0 Å². The van der Waals surface area contributed by atoms with E-state index >= 15 is 0 Å². The van der Waals surface area contributed by atoms with Crippen molar-refractivity contribution in [3.63, 3.8) is 0 Å². The van der Waals surface area contributed by atoms with E-state index in [1.54, 1.807) is 0 Å². The Morgan fingerprint density at radius 2 is 1.10 bits per heavy atom. The summed E-state index contributed by atoms with van der Waals surface area (Å²) in [7, 11) is 0. The highest BCUT2D eigenvalue weighted by molar-refractivity contribution is 5.19. The monoisotopic (exact) mass is 328 g/mol. The van der Waals surface area contributed by atoms with Crippen LogP contribution in [-0.2, 0) is 0 Å². The molecule has 20 heavy (non-hydrogen) atoms. The lowest BCUT2D eigenvalue weighted by Gasteiger charge is -2.34. The second-order valence-electron chi connectivity index (χ2n) is 3.57. The Bertz CT molecular complexity index is 387. The van der Waals surface area contributed by atoms with Crippen LogP contribution in [0, 0.1) is 0 Å². The molecule has 0 aliphatic heterocycles. The first-order valence-electron chi connectivity index (χ1n) is 4.36. The van der Waals surface area contributed by atoms with Crippen molar-refractivity contribution >= 4 is 0 Å². The molecule has 0 rings (SSSR count). The highest BCUT2D eigenvalue weighted by Crippen LogP contribution is 2.55. The van der Waals surface area contributed by atoms with Gasteiger partial charge in [-0.3, -0.25) is 0 Å². The predicted molar refractivity (Wildman–Crippen MR) is 40.7 cm³/mol. The summed E-state index contributed by atoms with van der Waals surface area (Å²) in [5.74, 6) is -34.7. The normalized spacial score (nSPS) is 16.5. The molecule has 0 unspecified atom stereocenters. The number of allylic oxidation sites excluding steroid dienone is 2. The van der Waals surface area contributed by atoms with Gasteiger partial charge in [0.15, 0.2) is 0 Å². The summed E-state index contributed by atoms with van der Waals surface area (Å²) in [5.41, 5.74) is 0. The Hall–Kier alpha value is -1.10. The molecule has 0 spiro atoms. The summed E-state index contributed by atoms with van der Waals surface area (Å²) >= 11 is 0. The van der Waals surface area contributed by atoms with E-state index in [-0.39, 0.29) is 0 Å². The lowest BCUT2D eigenvalue weighted by Crippen LogP contribution is -2.61. The molecular formula is C8H4F12. The summed E-state index contributed by atoms with van der Waals surface area (Å²) < 4.78 is 148. The van der Waals surface area contributed by atoms with Crippen molar-refractivity contribution in [3.05, 3.63) is 11.7 Å². The van der Waals surface area contributed by atoms with Gasteiger partial charge in [-0.15, -0.1) is 0 Å². The van der Waals surface area contributed by atoms with Crippen LogP contribution in [0.2, 0.25) is 0 Å². The molecule has 0 saturated carbocycles. The maximum Gasteiger partial charge on any atom is 0.385 e. The second kappa shape index (κ2) is 5.02. The molecule has 0 saturated heterocycles. The number of alkyl halides is 10. The van der Waals surface area contributed by atoms with Gasteiger partial charge in [0, 0.05) is 6.92 Å². The van der Waals surface area contributed by atoms with E-state index in [0.29, 0.717) is 0 Å². The average molecular weight is 328 g/mol. The van der Waals surface area contributed by atoms with Crippen LogP contribution in [0.4, 0.5) is 52.7 Å². The largest absolute Gasteiger partial charge is 0.385 e. The van der Waals surface area contributed by atoms with Crippen LogP contribution >= 0.6 is 0 Å². The minimum Gasteiger partial charge on any atom is -0.202 e. The first-order valence-corrected chi connectivity index (χ1v) is 4.36. The topological polar surface area (TPSA) is 0 Å². The summed E-state index contributed by atoms with van der Waals surface area (Å²) in [6.07, 6.45) is -4.66. The van der Waals surface area contributed by atoms with E-state index in [4.69, 9.17) is 0 Å². The van der Waals surface area contributed by atoms with Gasteiger partial charge in [0.05, 0.1) is 0 Å². The maximum absolute atomic E-state index is 12.7. The van der Waals surface area contributed by atoms with Crippen molar-refractivity contribution in [3.8, 4) is 0 Å². The summed E-state index contributed by atoms with van der Waals surface area (Å²) in [6.45, 7) is -0.887. The van der Waals surface area contributed by atoms with Crippen LogP contribution < -0.4 is 0 Å². The quantitative estimate of drug-likeness (QED) is 0.626. The standard InChI is InChI=1S/C8H4F12/c1-5(13,14)7(17,18)8(19,20)6(15,16)3(10)2(9)4(11)12/h4H,1H3/b3-2+. The Labute approximate surface area is 103 Å². The van der Waals surface area contributed by atoms with Crippen LogP contribution in [0.3, 0.4) is 0 Å². The van der Waals surface area contributed by atoms with Crippen molar-refractivity contribution in [2.75, 3.05) is 0 Å². The van der Waals surface area contributed by atoms with Gasteiger partial charge in [0.1, 0.15) is 0 Å². The average Bonchev–Trinajstić information content (AvgIpc) is 2.24. The third kappa shape index (κ3) is 2.68. The van der Waals surface area contributed by atoms with Gasteiger partial charge in [0.25, 0.3) is 6.43 Å². The molecule has 12 heteroatoms. The molecule has 0 aromatic carbocycles. The molecule has 0 atom stereocenters. The lowest BCUT2D eigenvalue weighted by molar-refractivity contribution is -0.356. The Kier molecular flexibility index (Phi) is 4.75. The Morgan fingerprint density at radius 3 is 1.35 bits per heavy atom. The summed E-state index contributed by atoms with van der Waals surface area (Å²) in [6, 6.07) is 0. The zero-order valence-corrected chi connectivity index (χ0v) is 9.11. The van der Waals surface area contributed by atoms with Crippen LogP contribution in [-0.4, -0.2) is 30.1 Å². The first-order chi connectivity index (χ1) is 8.51. The molecule has 0 heterocycles. The van der Waals surface area contributed by atoms with Gasteiger partial charge >= 0.3 is 23.7 Å². The van der Waals surface area contributed by atoms with Crippen LogP contribution in [0.1, 0.15) is 6.92 Å². The van der Waals surface area contributed by atoms with Gasteiger partial charge in [-0.1, -0.05) is 0 Å². The van der Waals surface area contributed by atoms with Gasteiger partial charge in [0.2, 0.25) is 11.7 Å². The van der Waals surface area contributed by atoms with Gasteiger partial charge in [-0.2, -0.15) is 35.1 Å². The maximum atomic E-state index is 12.7. The summed E-state index contributed by atoms with van der Waals surface area (Å²) in [4.78, 5) is 0. The highest BCUT2D eigenvalue weighted by atomic mass is 19.4. The van der Waals surface area contributed by atoms with Crippen molar-refractivity contribution in [1.82, 2.24) is 0 Å². The first kappa shape index (κ1) is 18.9. The van der Waals surface area contributed by atoms with Crippen molar-refractivity contribution < 1.29 is 52.7 Å². The van der Waals surface area contributed by atoms with E-state index in [9.17, 15) is 52.7 Å². The molecule has 0 radical (unpaired) electrons. The van der Waals surface area contributed by atoms with Gasteiger partial charge in [-0.05, 0) is 0 Å². The third-order valence-electron chi connectivity index (χ3n) is 2.02.